The number of amides is 2. The number of hydrogen-bond acceptors (Lipinski definition) is 4. The van der Waals surface area contributed by atoms with Crippen molar-refractivity contribution in [2.45, 2.75) is 33.1 Å². The van der Waals surface area contributed by atoms with Crippen LogP contribution in [0.1, 0.15) is 31.7 Å². The van der Waals surface area contributed by atoms with Crippen LogP contribution in [0.5, 0.6) is 0 Å². The van der Waals surface area contributed by atoms with Gasteiger partial charge in [-0.05, 0) is 37.1 Å². The Morgan fingerprint density at radius 1 is 1.22 bits per heavy atom. The number of unbranched alkanes of at least 4 members (excludes halogenated alkanes) is 1. The van der Waals surface area contributed by atoms with Crippen LogP contribution in [0.4, 0.5) is 5.69 Å². The van der Waals surface area contributed by atoms with E-state index in [0.717, 1.165) is 22.9 Å². The molecule has 0 atom stereocenters. The van der Waals surface area contributed by atoms with Gasteiger partial charge in [0.2, 0.25) is 5.91 Å². The van der Waals surface area contributed by atoms with Crippen molar-refractivity contribution >= 4 is 39.4 Å². The maximum absolute atomic E-state index is 11.8. The lowest BCUT2D eigenvalue weighted by atomic mass is 10.2. The summed E-state index contributed by atoms with van der Waals surface area (Å²) < 4.78 is 5.72. The zero-order valence-corrected chi connectivity index (χ0v) is 14.9. The Kier molecular flexibility index (Phi) is 8.32. The van der Waals surface area contributed by atoms with Gasteiger partial charge in [0.1, 0.15) is 0 Å². The van der Waals surface area contributed by atoms with E-state index >= 15 is 0 Å². The zero-order chi connectivity index (χ0) is 17.2. The Morgan fingerprint density at radius 3 is 2.61 bits per heavy atom. The van der Waals surface area contributed by atoms with E-state index in [2.05, 4.69) is 26.6 Å². The van der Waals surface area contributed by atoms with Crippen molar-refractivity contribution in [1.29, 1.82) is 0 Å². The molecule has 1 rings (SSSR count). The Labute approximate surface area is 144 Å². The van der Waals surface area contributed by atoms with Crippen LogP contribution in [0.3, 0.4) is 0 Å². The van der Waals surface area contributed by atoms with Gasteiger partial charge in [0.15, 0.2) is 6.61 Å². The Balaban J connectivity index is 2.30. The molecule has 0 aliphatic carbocycles. The summed E-state index contributed by atoms with van der Waals surface area (Å²) in [4.78, 5) is 34.6. The van der Waals surface area contributed by atoms with Crippen LogP contribution >= 0.6 is 15.9 Å². The number of anilines is 1. The summed E-state index contributed by atoms with van der Waals surface area (Å²) in [7, 11) is 0. The number of carbonyl (C=O) groups is 3. The molecule has 0 saturated heterocycles. The first kappa shape index (κ1) is 19.2. The standard InChI is InChI=1S/C16H21BrN2O4/c1-3-4-5-16(22)23-10-15(21)18-9-14(20)19-13-7-6-12(17)8-11(13)2/h6-8H,3-5,9-10H2,1-2H3,(H,18,21)(H,19,20). The van der Waals surface area contributed by atoms with Crippen molar-refractivity contribution in [3.63, 3.8) is 0 Å². The maximum Gasteiger partial charge on any atom is 0.306 e. The Hall–Kier alpha value is -1.89. The van der Waals surface area contributed by atoms with Crippen molar-refractivity contribution < 1.29 is 19.1 Å². The number of esters is 1. The molecule has 0 unspecified atom stereocenters. The quantitative estimate of drug-likeness (QED) is 0.674. The van der Waals surface area contributed by atoms with Crippen LogP contribution in [0.2, 0.25) is 0 Å². The number of ether oxygens (including phenoxy) is 1. The lowest BCUT2D eigenvalue weighted by molar-refractivity contribution is -0.148. The van der Waals surface area contributed by atoms with Gasteiger partial charge in [0.25, 0.3) is 5.91 Å². The summed E-state index contributed by atoms with van der Waals surface area (Å²) >= 11 is 3.35. The fourth-order valence-electron chi connectivity index (χ4n) is 1.73. The average molecular weight is 385 g/mol. The smallest absolute Gasteiger partial charge is 0.306 e. The summed E-state index contributed by atoms with van der Waals surface area (Å²) in [6, 6.07) is 5.47. The number of hydrogen-bond donors (Lipinski definition) is 2. The van der Waals surface area contributed by atoms with Gasteiger partial charge in [0.05, 0.1) is 6.54 Å². The van der Waals surface area contributed by atoms with Gasteiger partial charge in [-0.15, -0.1) is 0 Å². The fraction of sp³-hybridized carbons (Fsp3) is 0.438. The highest BCUT2D eigenvalue weighted by atomic mass is 79.9. The van der Waals surface area contributed by atoms with Crippen LogP contribution in [-0.4, -0.2) is 30.9 Å². The number of nitrogens with one attached hydrogen (secondary N) is 2. The second-order valence-corrected chi connectivity index (χ2v) is 5.96. The van der Waals surface area contributed by atoms with E-state index in [1.807, 2.05) is 26.0 Å². The van der Waals surface area contributed by atoms with Crippen molar-refractivity contribution in [3.8, 4) is 0 Å². The molecule has 0 aromatic heterocycles. The monoisotopic (exact) mass is 384 g/mol. The molecule has 0 bridgehead atoms. The third kappa shape index (κ3) is 7.78. The van der Waals surface area contributed by atoms with Gasteiger partial charge in [-0.25, -0.2) is 0 Å². The molecule has 0 heterocycles. The van der Waals surface area contributed by atoms with Gasteiger partial charge in [-0.2, -0.15) is 0 Å². The molecule has 0 aliphatic rings. The minimum absolute atomic E-state index is 0.180. The van der Waals surface area contributed by atoms with Gasteiger partial charge in [-0.1, -0.05) is 29.3 Å². The number of aryl methyl sites for hydroxylation is 1. The van der Waals surface area contributed by atoms with E-state index in [0.29, 0.717) is 12.1 Å². The molecule has 1 aromatic carbocycles. The maximum atomic E-state index is 11.8. The summed E-state index contributed by atoms with van der Waals surface area (Å²) in [5.74, 6) is -1.25. The Bertz CT molecular complexity index is 575. The lowest BCUT2D eigenvalue weighted by Gasteiger charge is -2.10. The molecular weight excluding hydrogens is 364 g/mol. The molecule has 2 N–H and O–H groups in total. The first-order valence-electron chi connectivity index (χ1n) is 7.40. The minimum atomic E-state index is -0.502. The van der Waals surface area contributed by atoms with Crippen LogP contribution in [0, 0.1) is 6.92 Å². The first-order valence-corrected chi connectivity index (χ1v) is 8.20. The van der Waals surface area contributed by atoms with Gasteiger partial charge >= 0.3 is 5.97 Å². The van der Waals surface area contributed by atoms with Crippen LogP contribution in [-0.2, 0) is 19.1 Å². The lowest BCUT2D eigenvalue weighted by Crippen LogP contribution is -2.35. The van der Waals surface area contributed by atoms with E-state index in [1.54, 1.807) is 6.07 Å². The largest absolute Gasteiger partial charge is 0.456 e. The Morgan fingerprint density at radius 2 is 1.96 bits per heavy atom. The number of carbonyl (C=O) groups excluding carboxylic acids is 3. The van der Waals surface area contributed by atoms with Gasteiger partial charge in [-0.3, -0.25) is 14.4 Å². The second-order valence-electron chi connectivity index (χ2n) is 5.05. The molecular formula is C16H21BrN2O4. The number of halogens is 1. The van der Waals surface area contributed by atoms with E-state index < -0.39 is 11.9 Å². The minimum Gasteiger partial charge on any atom is -0.456 e. The van der Waals surface area contributed by atoms with E-state index in [9.17, 15) is 14.4 Å². The van der Waals surface area contributed by atoms with Gasteiger partial charge in [0, 0.05) is 16.6 Å². The molecule has 0 fully saturated rings. The predicted octanol–water partition coefficient (Wildman–Crippen LogP) is 2.55. The van der Waals surface area contributed by atoms with Crippen molar-refractivity contribution in [2.24, 2.45) is 0 Å². The molecule has 6 nitrogen and oxygen atoms in total. The topological polar surface area (TPSA) is 84.5 Å². The van der Waals surface area contributed by atoms with Crippen molar-refractivity contribution in [1.82, 2.24) is 5.32 Å². The molecule has 0 saturated carbocycles. The van der Waals surface area contributed by atoms with Crippen LogP contribution < -0.4 is 10.6 Å². The summed E-state index contributed by atoms with van der Waals surface area (Å²) in [6.07, 6.45) is 1.92. The van der Waals surface area contributed by atoms with Crippen molar-refractivity contribution in [2.75, 3.05) is 18.5 Å². The predicted molar refractivity (Wildman–Crippen MR) is 91.0 cm³/mol. The van der Waals surface area contributed by atoms with Gasteiger partial charge < -0.3 is 15.4 Å². The molecule has 23 heavy (non-hydrogen) atoms. The van der Waals surface area contributed by atoms with Crippen molar-refractivity contribution in [3.05, 3.63) is 28.2 Å². The van der Waals surface area contributed by atoms with Crippen LogP contribution in [0.25, 0.3) is 0 Å². The summed E-state index contributed by atoms with van der Waals surface area (Å²) in [5.41, 5.74) is 1.59. The highest BCUT2D eigenvalue weighted by Gasteiger charge is 2.10. The van der Waals surface area contributed by atoms with E-state index in [1.165, 1.54) is 0 Å². The fourth-order valence-corrected chi connectivity index (χ4v) is 2.21. The number of benzene rings is 1. The zero-order valence-electron chi connectivity index (χ0n) is 13.3. The summed E-state index contributed by atoms with van der Waals surface area (Å²) in [6.45, 7) is 3.29. The molecule has 0 spiro atoms. The highest BCUT2D eigenvalue weighted by molar-refractivity contribution is 9.10. The average Bonchev–Trinajstić information content (AvgIpc) is 2.51. The summed E-state index contributed by atoms with van der Waals surface area (Å²) in [5, 5.41) is 5.11. The molecule has 0 aliphatic heterocycles. The molecule has 0 radical (unpaired) electrons. The molecule has 7 heteroatoms. The molecule has 2 amide bonds. The number of rotatable bonds is 8. The highest BCUT2D eigenvalue weighted by Crippen LogP contribution is 2.19. The second kappa shape index (κ2) is 9.99. The normalized spacial score (nSPS) is 10.0. The van der Waals surface area contributed by atoms with E-state index in [4.69, 9.17) is 4.74 Å². The third-order valence-electron chi connectivity index (χ3n) is 3.01. The first-order chi connectivity index (χ1) is 10.9. The third-order valence-corrected chi connectivity index (χ3v) is 3.50. The van der Waals surface area contributed by atoms with Crippen LogP contribution in [0.15, 0.2) is 22.7 Å². The molecule has 126 valence electrons. The molecule has 1 aromatic rings. The van der Waals surface area contributed by atoms with E-state index in [-0.39, 0.29) is 19.1 Å². The SMILES string of the molecule is CCCCC(=O)OCC(=O)NCC(=O)Nc1ccc(Br)cc1C.